The number of hydrogen-bond acceptors (Lipinski definition) is 2. The van der Waals surface area contributed by atoms with Gasteiger partial charge in [-0.1, -0.05) is 75.4 Å². The van der Waals surface area contributed by atoms with Crippen LogP contribution in [0.3, 0.4) is 0 Å². The van der Waals surface area contributed by atoms with Crippen molar-refractivity contribution < 1.29 is 0 Å². The van der Waals surface area contributed by atoms with Crippen LogP contribution in [0.2, 0.25) is 0 Å². The Balaban J connectivity index is 2.18. The molecule has 21 heavy (non-hydrogen) atoms. The lowest BCUT2D eigenvalue weighted by Crippen LogP contribution is -2.30. The van der Waals surface area contributed by atoms with Gasteiger partial charge in [-0.25, -0.2) is 0 Å². The molecule has 0 aromatic heterocycles. The maximum Gasteiger partial charge on any atom is 0.0466 e. The second-order valence-electron chi connectivity index (χ2n) is 6.58. The summed E-state index contributed by atoms with van der Waals surface area (Å²) in [4.78, 5) is 0. The van der Waals surface area contributed by atoms with Crippen molar-refractivity contribution in [2.75, 3.05) is 0 Å². The smallest absolute Gasteiger partial charge is 0.0466 e. The number of hydrogen-bond donors (Lipinski definition) is 2. The predicted molar refractivity (Wildman–Crippen MR) is 90.0 cm³/mol. The van der Waals surface area contributed by atoms with Crippen molar-refractivity contribution in [3.63, 3.8) is 0 Å². The molecule has 2 rings (SSSR count). The van der Waals surface area contributed by atoms with Crippen molar-refractivity contribution in [1.29, 1.82) is 0 Å². The third kappa shape index (κ3) is 4.16. The molecule has 0 amide bonds. The molecule has 3 N–H and O–H groups in total. The van der Waals surface area contributed by atoms with Crippen molar-refractivity contribution in [1.82, 2.24) is 5.43 Å². The summed E-state index contributed by atoms with van der Waals surface area (Å²) < 4.78 is 0. The normalized spacial score (nSPS) is 13.1. The van der Waals surface area contributed by atoms with Gasteiger partial charge < -0.3 is 0 Å². The van der Waals surface area contributed by atoms with Crippen molar-refractivity contribution >= 4 is 0 Å². The first-order valence-corrected chi connectivity index (χ1v) is 7.62. The van der Waals surface area contributed by atoms with E-state index in [-0.39, 0.29) is 11.5 Å². The maximum absolute atomic E-state index is 5.83. The molecule has 0 spiro atoms. The fourth-order valence-electron chi connectivity index (χ4n) is 2.77. The van der Waals surface area contributed by atoms with Gasteiger partial charge >= 0.3 is 0 Å². The van der Waals surface area contributed by atoms with E-state index in [9.17, 15) is 0 Å². The highest BCUT2D eigenvalue weighted by molar-refractivity contribution is 5.35. The standard InChI is InChI=1S/C19H26N2/c1-19(2,3)17-12-8-7-11-16(17)18(21-20)14-13-15-9-5-4-6-10-15/h4-12,18,21H,13-14,20H2,1-3H3. The van der Waals surface area contributed by atoms with Crippen LogP contribution in [-0.2, 0) is 11.8 Å². The van der Waals surface area contributed by atoms with E-state index < -0.39 is 0 Å². The van der Waals surface area contributed by atoms with Crippen LogP contribution >= 0.6 is 0 Å². The zero-order chi connectivity index (χ0) is 15.3. The van der Waals surface area contributed by atoms with Gasteiger partial charge in [0.1, 0.15) is 0 Å². The quantitative estimate of drug-likeness (QED) is 0.639. The Morgan fingerprint density at radius 2 is 1.57 bits per heavy atom. The van der Waals surface area contributed by atoms with Crippen LogP contribution in [0.25, 0.3) is 0 Å². The SMILES string of the molecule is CC(C)(C)c1ccccc1C(CCc1ccccc1)NN. The molecular formula is C19H26N2. The van der Waals surface area contributed by atoms with Crippen LogP contribution < -0.4 is 11.3 Å². The van der Waals surface area contributed by atoms with Crippen LogP contribution in [0, 0.1) is 0 Å². The van der Waals surface area contributed by atoms with Crippen molar-refractivity contribution in [2.24, 2.45) is 5.84 Å². The highest BCUT2D eigenvalue weighted by atomic mass is 15.2. The average molecular weight is 282 g/mol. The highest BCUT2D eigenvalue weighted by Crippen LogP contribution is 2.31. The van der Waals surface area contributed by atoms with E-state index in [4.69, 9.17) is 5.84 Å². The van der Waals surface area contributed by atoms with E-state index in [1.165, 1.54) is 16.7 Å². The lowest BCUT2D eigenvalue weighted by Gasteiger charge is -2.27. The van der Waals surface area contributed by atoms with E-state index in [1.807, 2.05) is 0 Å². The molecule has 2 aromatic carbocycles. The van der Waals surface area contributed by atoms with Gasteiger partial charge in [0.05, 0.1) is 0 Å². The molecule has 0 aliphatic carbocycles. The van der Waals surface area contributed by atoms with Gasteiger partial charge in [0, 0.05) is 6.04 Å². The van der Waals surface area contributed by atoms with Crippen LogP contribution in [0.5, 0.6) is 0 Å². The summed E-state index contributed by atoms with van der Waals surface area (Å²) in [5.41, 5.74) is 7.15. The molecule has 0 heterocycles. The molecule has 0 aliphatic rings. The van der Waals surface area contributed by atoms with Gasteiger partial charge in [-0.15, -0.1) is 0 Å². The zero-order valence-corrected chi connectivity index (χ0v) is 13.3. The van der Waals surface area contributed by atoms with Gasteiger partial charge in [-0.3, -0.25) is 11.3 Å². The molecule has 0 radical (unpaired) electrons. The van der Waals surface area contributed by atoms with Crippen molar-refractivity contribution in [3.05, 3.63) is 71.3 Å². The predicted octanol–water partition coefficient (Wildman–Crippen LogP) is 4.12. The van der Waals surface area contributed by atoms with Crippen LogP contribution in [-0.4, -0.2) is 0 Å². The van der Waals surface area contributed by atoms with Crippen LogP contribution in [0.1, 0.15) is 49.9 Å². The molecule has 2 heteroatoms. The zero-order valence-electron chi connectivity index (χ0n) is 13.3. The first-order valence-electron chi connectivity index (χ1n) is 7.62. The number of rotatable bonds is 5. The summed E-state index contributed by atoms with van der Waals surface area (Å²) in [5, 5.41) is 0. The van der Waals surface area contributed by atoms with Gasteiger partial charge in [0.25, 0.3) is 0 Å². The topological polar surface area (TPSA) is 38.0 Å². The Morgan fingerprint density at radius 1 is 0.952 bits per heavy atom. The van der Waals surface area contributed by atoms with Crippen LogP contribution in [0.4, 0.5) is 0 Å². The number of nitrogens with one attached hydrogen (secondary N) is 1. The molecule has 0 bridgehead atoms. The number of aryl methyl sites for hydroxylation is 1. The average Bonchev–Trinajstić information content (AvgIpc) is 2.48. The summed E-state index contributed by atoms with van der Waals surface area (Å²) in [6, 6.07) is 19.3. The van der Waals surface area contributed by atoms with E-state index in [0.29, 0.717) is 0 Å². The summed E-state index contributed by atoms with van der Waals surface area (Å²) in [6.45, 7) is 6.74. The molecule has 0 saturated heterocycles. The van der Waals surface area contributed by atoms with Gasteiger partial charge in [-0.2, -0.15) is 0 Å². The summed E-state index contributed by atoms with van der Waals surface area (Å²) in [5.74, 6) is 5.83. The lowest BCUT2D eigenvalue weighted by molar-refractivity contribution is 0.494. The second-order valence-corrected chi connectivity index (χ2v) is 6.58. The largest absolute Gasteiger partial charge is 0.271 e. The molecule has 1 unspecified atom stereocenters. The van der Waals surface area contributed by atoms with E-state index in [2.05, 4.69) is 80.8 Å². The number of nitrogens with two attached hydrogens (primary N) is 1. The molecule has 1 atom stereocenters. The minimum absolute atomic E-state index is 0.123. The lowest BCUT2D eigenvalue weighted by atomic mass is 9.81. The van der Waals surface area contributed by atoms with E-state index in [0.717, 1.165) is 12.8 Å². The van der Waals surface area contributed by atoms with Gasteiger partial charge in [0.2, 0.25) is 0 Å². The molecule has 112 valence electrons. The van der Waals surface area contributed by atoms with Crippen molar-refractivity contribution in [3.8, 4) is 0 Å². The van der Waals surface area contributed by atoms with Crippen LogP contribution in [0.15, 0.2) is 54.6 Å². The first kappa shape index (κ1) is 15.7. The maximum atomic E-state index is 5.83. The summed E-state index contributed by atoms with van der Waals surface area (Å²) in [7, 11) is 0. The Hall–Kier alpha value is -1.64. The molecule has 0 fully saturated rings. The summed E-state index contributed by atoms with van der Waals surface area (Å²) >= 11 is 0. The number of hydrazine groups is 1. The third-order valence-corrected chi connectivity index (χ3v) is 3.91. The molecule has 2 nitrogen and oxygen atoms in total. The van der Waals surface area contributed by atoms with Gasteiger partial charge in [0.15, 0.2) is 0 Å². The van der Waals surface area contributed by atoms with Crippen molar-refractivity contribution in [2.45, 2.75) is 45.1 Å². The number of benzene rings is 2. The first-order chi connectivity index (χ1) is 10.0. The third-order valence-electron chi connectivity index (χ3n) is 3.91. The fourth-order valence-corrected chi connectivity index (χ4v) is 2.77. The fraction of sp³-hybridized carbons (Fsp3) is 0.368. The molecule has 0 saturated carbocycles. The summed E-state index contributed by atoms with van der Waals surface area (Å²) in [6.07, 6.45) is 2.02. The van der Waals surface area contributed by atoms with E-state index >= 15 is 0 Å². The minimum atomic E-state index is 0.123. The second kappa shape index (κ2) is 6.88. The Morgan fingerprint density at radius 3 is 2.19 bits per heavy atom. The Kier molecular flexibility index (Phi) is 5.16. The molecular weight excluding hydrogens is 256 g/mol. The van der Waals surface area contributed by atoms with Gasteiger partial charge in [-0.05, 0) is 34.9 Å². The monoisotopic (exact) mass is 282 g/mol. The Labute approximate surface area is 128 Å². The Bertz CT molecular complexity index is 555. The molecule has 0 aliphatic heterocycles. The molecule has 2 aromatic rings. The van der Waals surface area contributed by atoms with E-state index in [1.54, 1.807) is 0 Å². The highest BCUT2D eigenvalue weighted by Gasteiger charge is 2.21. The minimum Gasteiger partial charge on any atom is -0.271 e.